The lowest BCUT2D eigenvalue weighted by molar-refractivity contribution is -0.346. The summed E-state index contributed by atoms with van der Waals surface area (Å²) in [4.78, 5) is 107. The third kappa shape index (κ3) is 9.47. The van der Waals surface area contributed by atoms with Gasteiger partial charge in [0.1, 0.15) is 23.9 Å². The number of H-pyrrole nitrogens is 2. The predicted octanol–water partition coefficient (Wildman–Crippen LogP) is 2.94. The highest BCUT2D eigenvalue weighted by molar-refractivity contribution is 5.96. The largest absolute Gasteiger partial charge is 0.456 e. The molecule has 1 amide bonds. The van der Waals surface area contributed by atoms with Gasteiger partial charge in [-0.3, -0.25) is 29.0 Å². The number of ether oxygens (including phenoxy) is 5. The summed E-state index contributed by atoms with van der Waals surface area (Å²) in [5.74, 6) is -7.83. The van der Waals surface area contributed by atoms with Gasteiger partial charge in [-0.2, -0.15) is 4.39 Å². The standard InChI is InChI=1S/C47H51NO14.C4H3FN2O2/c1-25-31(60-43(56)36(52)35(28-16-10-7-11-17-28)48-41(54)29-18-12-8-13-19-29)23-47(57)40(61-42(55)30-20-14-9-15-21-30)38-45(6,32(51)22-33-46(38,24-58-33)62-27(3)50)39(53)37(59-26(2)49)34(25)44(47,4)5;5-2-1-6-4(9)7-3(2)8/h7-21,31-33,35-38,40,51-52,57H,22-24H2,1-6H3,(H,48,54);1H,(H2,6,7,8,9)/t31-,32-,33+,35-,36+,37+,38-,40-,45+,46-,47+;/m0./s1. The van der Waals surface area contributed by atoms with E-state index in [0.717, 1.165) is 13.8 Å². The minimum atomic E-state index is -2.39. The van der Waals surface area contributed by atoms with Crippen LogP contribution in [0.4, 0.5) is 4.39 Å². The topological polar surface area (TPSA) is 287 Å². The Morgan fingerprint density at radius 3 is 1.97 bits per heavy atom. The maximum Gasteiger partial charge on any atom is 0.338 e. The second-order valence-corrected chi connectivity index (χ2v) is 18.8. The van der Waals surface area contributed by atoms with Crippen LogP contribution in [0.1, 0.15) is 86.7 Å². The average molecular weight is 984 g/mol. The normalized spacial score (nSPS) is 29.0. The van der Waals surface area contributed by atoms with Crippen molar-refractivity contribution in [2.75, 3.05) is 6.61 Å². The summed E-state index contributed by atoms with van der Waals surface area (Å²) >= 11 is 0. The molecule has 19 nitrogen and oxygen atoms in total. The molecule has 1 aliphatic heterocycles. The van der Waals surface area contributed by atoms with E-state index in [1.807, 2.05) is 4.98 Å². The number of carbonyl (C=O) groups is 6. The van der Waals surface area contributed by atoms with Crippen molar-refractivity contribution in [3.05, 3.63) is 152 Å². The van der Waals surface area contributed by atoms with Crippen molar-refractivity contribution in [1.82, 2.24) is 15.3 Å². The number of halogens is 1. The molecule has 3 aromatic carbocycles. The van der Waals surface area contributed by atoms with E-state index in [1.165, 1.54) is 26.0 Å². The van der Waals surface area contributed by atoms with Gasteiger partial charge in [0.25, 0.3) is 11.5 Å². The van der Waals surface area contributed by atoms with Crippen molar-refractivity contribution in [3.8, 4) is 0 Å². The van der Waals surface area contributed by atoms with Gasteiger partial charge in [0, 0.05) is 43.9 Å². The highest BCUT2D eigenvalue weighted by atomic mass is 19.1. The molecule has 1 saturated heterocycles. The molecule has 71 heavy (non-hydrogen) atoms. The number of fused-ring (bicyclic) bond motifs is 5. The molecule has 376 valence electrons. The average Bonchev–Trinajstić information content (AvgIpc) is 3.33. The van der Waals surface area contributed by atoms with Crippen molar-refractivity contribution in [2.24, 2.45) is 16.7 Å². The molecule has 2 bridgehead atoms. The van der Waals surface area contributed by atoms with Crippen molar-refractivity contribution in [2.45, 2.75) is 108 Å². The lowest BCUT2D eigenvalue weighted by atomic mass is 9.44. The first-order valence-electron chi connectivity index (χ1n) is 22.6. The second-order valence-electron chi connectivity index (χ2n) is 18.8. The van der Waals surface area contributed by atoms with Gasteiger partial charge in [-0.05, 0) is 54.8 Å². The minimum absolute atomic E-state index is 0.00289. The van der Waals surface area contributed by atoms with Gasteiger partial charge in [0.2, 0.25) is 5.82 Å². The maximum absolute atomic E-state index is 15.5. The summed E-state index contributed by atoms with van der Waals surface area (Å²) in [5, 5.41) is 40.2. The van der Waals surface area contributed by atoms with E-state index < -0.39 is 130 Å². The molecule has 3 aliphatic carbocycles. The monoisotopic (exact) mass is 983 g/mol. The van der Waals surface area contributed by atoms with E-state index in [9.17, 15) is 53.3 Å². The van der Waals surface area contributed by atoms with E-state index in [2.05, 4.69) is 5.32 Å². The number of hydrogen-bond donors (Lipinski definition) is 6. The molecule has 2 heterocycles. The quantitative estimate of drug-likeness (QED) is 0.0757. The minimum Gasteiger partial charge on any atom is -0.456 e. The Hall–Kier alpha value is -7.13. The number of hydrogen-bond acceptors (Lipinski definition) is 16. The number of aliphatic hydroxyl groups excluding tert-OH is 2. The van der Waals surface area contributed by atoms with Gasteiger partial charge in [-0.15, -0.1) is 0 Å². The van der Waals surface area contributed by atoms with Gasteiger partial charge >= 0.3 is 29.6 Å². The first kappa shape index (κ1) is 51.7. The number of rotatable bonds is 10. The smallest absolute Gasteiger partial charge is 0.338 e. The lowest BCUT2D eigenvalue weighted by Gasteiger charge is -2.67. The summed E-state index contributed by atoms with van der Waals surface area (Å²) in [5.41, 5.74) is -8.73. The molecule has 1 aromatic heterocycles. The van der Waals surface area contributed by atoms with Gasteiger partial charge in [-0.25, -0.2) is 14.4 Å². The van der Waals surface area contributed by atoms with E-state index in [-0.39, 0.29) is 35.3 Å². The number of aromatic nitrogens is 2. The fourth-order valence-corrected chi connectivity index (χ4v) is 10.6. The molecular formula is C51H54FN3O16. The molecule has 11 atom stereocenters. The maximum atomic E-state index is 15.5. The Morgan fingerprint density at radius 1 is 0.845 bits per heavy atom. The third-order valence-electron chi connectivity index (χ3n) is 14.3. The van der Waals surface area contributed by atoms with Crippen LogP contribution in [0.25, 0.3) is 0 Å². The van der Waals surface area contributed by atoms with E-state index in [1.54, 1.807) is 97.7 Å². The number of carbonyl (C=O) groups excluding carboxylic acids is 6. The first-order chi connectivity index (χ1) is 33.5. The molecule has 4 aromatic rings. The Kier molecular flexibility index (Phi) is 14.5. The highest BCUT2D eigenvalue weighted by Gasteiger charge is 2.78. The molecular weight excluding hydrogens is 930 g/mol. The van der Waals surface area contributed by atoms with Crippen LogP contribution >= 0.6 is 0 Å². The zero-order valence-electron chi connectivity index (χ0n) is 39.5. The summed E-state index contributed by atoms with van der Waals surface area (Å²) < 4.78 is 42.3. The Bertz CT molecular complexity index is 2850. The summed E-state index contributed by atoms with van der Waals surface area (Å²) in [7, 11) is 0. The lowest BCUT2D eigenvalue weighted by Crippen LogP contribution is -2.82. The second kappa shape index (κ2) is 19.9. The molecule has 3 fully saturated rings. The first-order valence-corrected chi connectivity index (χ1v) is 22.6. The number of nitrogens with one attached hydrogen (secondary N) is 3. The molecule has 2 saturated carbocycles. The van der Waals surface area contributed by atoms with Crippen molar-refractivity contribution < 1.29 is 72.2 Å². The summed E-state index contributed by atoms with van der Waals surface area (Å²) in [6.07, 6.45) is -9.80. The van der Waals surface area contributed by atoms with Crippen LogP contribution in [0, 0.1) is 22.6 Å². The number of aromatic amines is 2. The zero-order chi connectivity index (χ0) is 51.8. The van der Waals surface area contributed by atoms with Gasteiger partial charge in [-0.1, -0.05) is 80.6 Å². The van der Waals surface area contributed by atoms with Crippen LogP contribution in [-0.4, -0.2) is 115 Å². The molecule has 0 unspecified atom stereocenters. The van der Waals surface area contributed by atoms with Crippen LogP contribution in [0.3, 0.4) is 0 Å². The Labute approximate surface area is 405 Å². The fraction of sp³-hybridized carbons (Fsp3) is 0.412. The fourth-order valence-electron chi connectivity index (χ4n) is 10.6. The molecule has 8 rings (SSSR count). The van der Waals surface area contributed by atoms with Crippen LogP contribution in [0.15, 0.2) is 118 Å². The van der Waals surface area contributed by atoms with E-state index in [0.29, 0.717) is 11.8 Å². The number of amides is 1. The predicted molar refractivity (Wildman–Crippen MR) is 245 cm³/mol. The van der Waals surface area contributed by atoms with Gasteiger partial charge in [0.15, 0.2) is 23.6 Å². The third-order valence-corrected chi connectivity index (χ3v) is 14.3. The number of Topliss-reactive ketones (excluding diaryl/α,β-unsaturated/α-hetero) is 1. The zero-order valence-corrected chi connectivity index (χ0v) is 39.5. The highest BCUT2D eigenvalue weighted by Crippen LogP contribution is 2.64. The Balaban J connectivity index is 0.000000741. The van der Waals surface area contributed by atoms with Crippen LogP contribution in [0.2, 0.25) is 0 Å². The van der Waals surface area contributed by atoms with Crippen LogP contribution < -0.4 is 16.6 Å². The summed E-state index contributed by atoms with van der Waals surface area (Å²) in [6.45, 7) is 7.97. The van der Waals surface area contributed by atoms with Crippen molar-refractivity contribution >= 4 is 35.6 Å². The summed E-state index contributed by atoms with van der Waals surface area (Å²) in [6, 6.07) is 22.9. The Morgan fingerprint density at radius 2 is 1.44 bits per heavy atom. The van der Waals surface area contributed by atoms with Crippen LogP contribution in [-0.2, 0) is 42.9 Å². The SMILES string of the molecule is CC(=O)O[C@H]1C(=O)[C@@]2(C)[C@H]([C@H](OC(=O)c3ccccc3)[C@]3(O)C[C@H](OC(=O)[C@H](O)[C@@H](NC(=O)c4ccccc4)c4ccccc4)C(C)=C1C3(C)C)[C@]1(OC(C)=O)CO[C@@H]1C[C@@H]2O.O=c1[nH]cc(F)c(=O)[nH]1. The molecule has 6 N–H and O–H groups in total. The van der Waals surface area contributed by atoms with Crippen LogP contribution in [0.5, 0.6) is 0 Å². The van der Waals surface area contributed by atoms with Crippen molar-refractivity contribution in [3.63, 3.8) is 0 Å². The molecule has 0 radical (unpaired) electrons. The molecule has 0 spiro atoms. The van der Waals surface area contributed by atoms with E-state index in [4.69, 9.17) is 23.7 Å². The number of esters is 4. The molecule has 20 heteroatoms. The molecule has 4 aliphatic rings. The van der Waals surface area contributed by atoms with Gasteiger partial charge < -0.3 is 49.3 Å². The van der Waals surface area contributed by atoms with Crippen molar-refractivity contribution in [1.29, 1.82) is 0 Å². The van der Waals surface area contributed by atoms with E-state index >= 15 is 4.79 Å². The number of aliphatic hydroxyl groups is 3. The number of ketones is 1. The number of benzene rings is 3. The van der Waals surface area contributed by atoms with Gasteiger partial charge in [0.05, 0.1) is 35.6 Å².